The molecule has 2 aromatic rings. The van der Waals surface area contributed by atoms with Crippen molar-refractivity contribution in [3.63, 3.8) is 0 Å². The van der Waals surface area contributed by atoms with Crippen molar-refractivity contribution in [2.24, 2.45) is 0 Å². The summed E-state index contributed by atoms with van der Waals surface area (Å²) in [7, 11) is -3.95. The third-order valence-electron chi connectivity index (χ3n) is 2.51. The number of rotatable bonds is 4. The normalized spacial score (nSPS) is 11.1. The number of nitrogens with two attached hydrogens (primary N) is 1. The van der Waals surface area contributed by atoms with Gasteiger partial charge in [-0.25, -0.2) is 13.2 Å². The molecule has 0 unspecified atom stereocenters. The summed E-state index contributed by atoms with van der Waals surface area (Å²) in [5, 5.41) is 9.09. The number of halogens is 1. The number of carbonyl (C=O) groups is 1. The zero-order chi connectivity index (χ0) is 15.6. The average molecular weight is 372 g/mol. The van der Waals surface area contributed by atoms with Gasteiger partial charge in [0.2, 0.25) is 0 Å². The first kappa shape index (κ1) is 15.3. The fourth-order valence-corrected chi connectivity index (χ4v) is 3.15. The van der Waals surface area contributed by atoms with Crippen LogP contribution in [0.3, 0.4) is 0 Å². The zero-order valence-corrected chi connectivity index (χ0v) is 12.8. The smallest absolute Gasteiger partial charge is 0.337 e. The fourth-order valence-electron chi connectivity index (χ4n) is 1.57. The van der Waals surface area contributed by atoms with Crippen LogP contribution in [0.1, 0.15) is 10.4 Å². The Hall–Kier alpha value is -2.13. The number of aromatic carboxylic acids is 1. The van der Waals surface area contributed by atoms with E-state index in [0.29, 0.717) is 4.47 Å². The topological polar surface area (TPSA) is 122 Å². The third-order valence-corrected chi connectivity index (χ3v) is 4.27. The van der Waals surface area contributed by atoms with E-state index >= 15 is 0 Å². The van der Waals surface area contributed by atoms with Gasteiger partial charge >= 0.3 is 5.97 Å². The maximum Gasteiger partial charge on any atom is 0.337 e. The molecule has 21 heavy (non-hydrogen) atoms. The van der Waals surface area contributed by atoms with Gasteiger partial charge in [-0.3, -0.25) is 9.71 Å². The molecule has 0 radical (unpaired) electrons. The first-order valence-electron chi connectivity index (χ1n) is 5.56. The van der Waals surface area contributed by atoms with Gasteiger partial charge in [0.1, 0.15) is 4.90 Å². The highest BCUT2D eigenvalue weighted by molar-refractivity contribution is 9.10. The number of carboxylic acids is 1. The molecule has 7 nitrogen and oxygen atoms in total. The standard InChI is InChI=1S/C12H10BrN3O4S/c13-7-3-9(6-15-5-7)21(19,20)16-11-2-1-8(14)4-10(11)12(17)18/h1-6,16H,14H2,(H,17,18). The van der Waals surface area contributed by atoms with E-state index in [2.05, 4.69) is 25.6 Å². The second-order valence-corrected chi connectivity index (χ2v) is 6.65. The molecule has 4 N–H and O–H groups in total. The number of carboxylic acid groups (broad SMARTS) is 1. The number of hydrogen-bond donors (Lipinski definition) is 3. The van der Waals surface area contributed by atoms with Crippen LogP contribution in [0.5, 0.6) is 0 Å². The van der Waals surface area contributed by atoms with Gasteiger partial charge in [-0.1, -0.05) is 0 Å². The molecule has 9 heteroatoms. The van der Waals surface area contributed by atoms with E-state index in [9.17, 15) is 13.2 Å². The maximum atomic E-state index is 12.2. The third kappa shape index (κ3) is 3.50. The Morgan fingerprint density at radius 2 is 2.00 bits per heavy atom. The molecule has 0 amide bonds. The van der Waals surface area contributed by atoms with Crippen LogP contribution in [0.15, 0.2) is 46.0 Å². The largest absolute Gasteiger partial charge is 0.478 e. The quantitative estimate of drug-likeness (QED) is 0.705. The Morgan fingerprint density at radius 1 is 1.29 bits per heavy atom. The average Bonchev–Trinajstić information content (AvgIpc) is 2.40. The van der Waals surface area contributed by atoms with Crippen molar-refractivity contribution >= 4 is 43.3 Å². The highest BCUT2D eigenvalue weighted by Gasteiger charge is 2.19. The van der Waals surface area contributed by atoms with Gasteiger partial charge in [-0.15, -0.1) is 0 Å². The molecule has 2 rings (SSSR count). The van der Waals surface area contributed by atoms with Crippen molar-refractivity contribution in [2.45, 2.75) is 4.90 Å². The van der Waals surface area contributed by atoms with Gasteiger partial charge in [0, 0.05) is 22.6 Å². The van der Waals surface area contributed by atoms with E-state index < -0.39 is 16.0 Å². The van der Waals surface area contributed by atoms with E-state index in [-0.39, 0.29) is 21.8 Å². The van der Waals surface area contributed by atoms with E-state index in [0.717, 1.165) is 6.20 Å². The maximum absolute atomic E-state index is 12.2. The fraction of sp³-hybridized carbons (Fsp3) is 0. The lowest BCUT2D eigenvalue weighted by molar-refractivity contribution is 0.0698. The van der Waals surface area contributed by atoms with Crippen LogP contribution in [0, 0.1) is 0 Å². The molecule has 0 bridgehead atoms. The number of aromatic nitrogens is 1. The molecule has 0 aliphatic carbocycles. The van der Waals surface area contributed by atoms with E-state index in [1.165, 1.54) is 30.5 Å². The highest BCUT2D eigenvalue weighted by atomic mass is 79.9. The molecule has 1 heterocycles. The minimum absolute atomic E-state index is 0.0725. The number of anilines is 2. The summed E-state index contributed by atoms with van der Waals surface area (Å²) in [5.41, 5.74) is 5.42. The van der Waals surface area contributed by atoms with Crippen LogP contribution < -0.4 is 10.5 Å². The van der Waals surface area contributed by atoms with E-state index in [1.807, 2.05) is 0 Å². The van der Waals surface area contributed by atoms with Crippen LogP contribution in [0.25, 0.3) is 0 Å². The molecule has 0 saturated carbocycles. The van der Waals surface area contributed by atoms with Crippen LogP contribution in [-0.2, 0) is 10.0 Å². The molecule has 1 aromatic carbocycles. The highest BCUT2D eigenvalue weighted by Crippen LogP contribution is 2.23. The number of nitrogens with one attached hydrogen (secondary N) is 1. The minimum Gasteiger partial charge on any atom is -0.478 e. The van der Waals surface area contributed by atoms with Gasteiger partial charge < -0.3 is 10.8 Å². The molecular weight excluding hydrogens is 362 g/mol. The molecule has 0 spiro atoms. The predicted molar refractivity (Wildman–Crippen MR) is 80.6 cm³/mol. The summed E-state index contributed by atoms with van der Waals surface area (Å²) < 4.78 is 27.1. The second kappa shape index (κ2) is 5.70. The van der Waals surface area contributed by atoms with Crippen molar-refractivity contribution in [3.05, 3.63) is 46.7 Å². The summed E-state index contributed by atoms with van der Waals surface area (Å²) in [6.45, 7) is 0. The number of pyridine rings is 1. The number of sulfonamides is 1. The molecule has 0 fully saturated rings. The van der Waals surface area contributed by atoms with Gasteiger partial charge in [-0.2, -0.15) is 0 Å². The summed E-state index contributed by atoms with van der Waals surface area (Å²) in [5.74, 6) is -1.28. The molecular formula is C12H10BrN3O4S. The summed E-state index contributed by atoms with van der Waals surface area (Å²) >= 11 is 3.12. The Morgan fingerprint density at radius 3 is 2.62 bits per heavy atom. The van der Waals surface area contributed by atoms with Gasteiger partial charge in [0.15, 0.2) is 0 Å². The van der Waals surface area contributed by atoms with Crippen LogP contribution in [0.2, 0.25) is 0 Å². The summed E-state index contributed by atoms with van der Waals surface area (Å²) in [6.07, 6.45) is 2.59. The van der Waals surface area contributed by atoms with Gasteiger partial charge in [0.05, 0.1) is 11.3 Å². The molecule has 0 aliphatic rings. The summed E-state index contributed by atoms with van der Waals surface area (Å²) in [6, 6.07) is 5.23. The lowest BCUT2D eigenvalue weighted by Gasteiger charge is -2.11. The number of nitrogens with zero attached hydrogens (tertiary/aromatic N) is 1. The monoisotopic (exact) mass is 371 g/mol. The molecule has 0 atom stereocenters. The molecule has 0 saturated heterocycles. The molecule has 110 valence electrons. The number of hydrogen-bond acceptors (Lipinski definition) is 5. The van der Waals surface area contributed by atoms with Gasteiger partial charge in [0.25, 0.3) is 10.0 Å². The van der Waals surface area contributed by atoms with Crippen LogP contribution in [0.4, 0.5) is 11.4 Å². The lowest BCUT2D eigenvalue weighted by atomic mass is 10.1. The Kier molecular flexibility index (Phi) is 4.14. The van der Waals surface area contributed by atoms with Crippen molar-refractivity contribution in [1.29, 1.82) is 0 Å². The second-order valence-electron chi connectivity index (χ2n) is 4.05. The molecule has 1 aromatic heterocycles. The van der Waals surface area contributed by atoms with E-state index in [1.54, 1.807) is 0 Å². The van der Waals surface area contributed by atoms with E-state index in [4.69, 9.17) is 10.8 Å². The van der Waals surface area contributed by atoms with Gasteiger partial charge in [-0.05, 0) is 40.2 Å². The lowest BCUT2D eigenvalue weighted by Crippen LogP contribution is -2.16. The SMILES string of the molecule is Nc1ccc(NS(=O)(=O)c2cncc(Br)c2)c(C(=O)O)c1. The predicted octanol–water partition coefficient (Wildman–Crippen LogP) is 1.93. The zero-order valence-electron chi connectivity index (χ0n) is 10.4. The Balaban J connectivity index is 2.44. The van der Waals surface area contributed by atoms with Crippen molar-refractivity contribution < 1.29 is 18.3 Å². The van der Waals surface area contributed by atoms with Crippen LogP contribution in [-0.4, -0.2) is 24.5 Å². The van der Waals surface area contributed by atoms with Crippen molar-refractivity contribution in [3.8, 4) is 0 Å². The van der Waals surface area contributed by atoms with Crippen LogP contribution >= 0.6 is 15.9 Å². The Labute approximate surface area is 129 Å². The first-order valence-corrected chi connectivity index (χ1v) is 7.83. The van der Waals surface area contributed by atoms with Crippen molar-refractivity contribution in [1.82, 2.24) is 4.98 Å². The van der Waals surface area contributed by atoms with Crippen molar-refractivity contribution in [2.75, 3.05) is 10.5 Å². The Bertz CT molecular complexity index is 808. The first-order chi connectivity index (χ1) is 9.79. The number of benzene rings is 1. The summed E-state index contributed by atoms with van der Waals surface area (Å²) in [4.78, 5) is 14.8. The molecule has 0 aliphatic heterocycles. The minimum atomic E-state index is -3.95. The number of nitrogen functional groups attached to an aromatic ring is 1.